The van der Waals surface area contributed by atoms with Crippen LogP contribution in [0.4, 0.5) is 0 Å². The third-order valence-electron chi connectivity index (χ3n) is 2.29. The second-order valence-corrected chi connectivity index (χ2v) is 3.53. The van der Waals surface area contributed by atoms with Gasteiger partial charge in [0, 0.05) is 6.54 Å². The Hall–Kier alpha value is -1.63. The fourth-order valence-corrected chi connectivity index (χ4v) is 1.34. The average Bonchev–Trinajstić information content (AvgIpc) is 2.34. The van der Waals surface area contributed by atoms with E-state index >= 15 is 0 Å². The van der Waals surface area contributed by atoms with Gasteiger partial charge in [0.15, 0.2) is 0 Å². The molecule has 1 rings (SSSR count). The Balaban J connectivity index is 2.43. The van der Waals surface area contributed by atoms with Gasteiger partial charge in [-0.3, -0.25) is 0 Å². The maximum atomic E-state index is 9.81. The van der Waals surface area contributed by atoms with Crippen molar-refractivity contribution in [2.75, 3.05) is 13.1 Å². The summed E-state index contributed by atoms with van der Waals surface area (Å²) in [5.74, 6) is 0. The molecule has 1 unspecified atom stereocenters. The van der Waals surface area contributed by atoms with Gasteiger partial charge in [-0.25, -0.2) is 0 Å². The molecule has 0 radical (unpaired) electrons. The Labute approximate surface area is 96.0 Å². The molecule has 1 aromatic rings. The van der Waals surface area contributed by atoms with Crippen LogP contribution < -0.4 is 5.32 Å². The summed E-state index contributed by atoms with van der Waals surface area (Å²) in [5.41, 5.74) is 1.43. The zero-order chi connectivity index (χ0) is 11.8. The first-order chi connectivity index (χ1) is 7.77. The molecule has 0 aliphatic heterocycles. The molecule has 0 aromatic heterocycles. The fraction of sp³-hybridized carbons (Fsp3) is 0.308. The number of hydrogen-bond donors (Lipinski definition) is 2. The lowest BCUT2D eigenvalue weighted by Gasteiger charge is -2.11. The number of nitriles is 1. The Bertz CT molecular complexity index is 365. The second kappa shape index (κ2) is 6.78. The molecule has 3 heteroatoms. The molecule has 84 valence electrons. The predicted octanol–water partition coefficient (Wildman–Crippen LogP) is 1.76. The summed E-state index contributed by atoms with van der Waals surface area (Å²) in [6.45, 7) is 4.95. The first-order valence-electron chi connectivity index (χ1n) is 5.27. The van der Waals surface area contributed by atoms with Crippen LogP contribution in [0.25, 0.3) is 0 Å². The van der Waals surface area contributed by atoms with E-state index in [2.05, 4.69) is 11.9 Å². The second-order valence-electron chi connectivity index (χ2n) is 3.53. The van der Waals surface area contributed by atoms with E-state index in [-0.39, 0.29) is 0 Å². The van der Waals surface area contributed by atoms with E-state index in [1.807, 2.05) is 12.1 Å². The van der Waals surface area contributed by atoms with E-state index in [0.717, 1.165) is 18.5 Å². The quantitative estimate of drug-likeness (QED) is 0.562. The molecule has 3 nitrogen and oxygen atoms in total. The molecule has 16 heavy (non-hydrogen) atoms. The molecule has 0 aliphatic carbocycles. The maximum absolute atomic E-state index is 9.81. The fourth-order valence-electron chi connectivity index (χ4n) is 1.34. The summed E-state index contributed by atoms with van der Waals surface area (Å²) < 4.78 is 0. The van der Waals surface area contributed by atoms with Crippen LogP contribution in [0, 0.1) is 11.3 Å². The summed E-state index contributed by atoms with van der Waals surface area (Å²) in [6.07, 6.45) is 2.19. The van der Waals surface area contributed by atoms with E-state index < -0.39 is 6.10 Å². The van der Waals surface area contributed by atoms with Crippen LogP contribution >= 0.6 is 0 Å². The molecular formula is C13H16N2O. The van der Waals surface area contributed by atoms with Crippen LogP contribution in [0.15, 0.2) is 36.9 Å². The van der Waals surface area contributed by atoms with Gasteiger partial charge < -0.3 is 10.4 Å². The van der Waals surface area contributed by atoms with Crippen molar-refractivity contribution in [3.63, 3.8) is 0 Å². The summed E-state index contributed by atoms with van der Waals surface area (Å²) in [5, 5.41) is 21.6. The molecule has 1 atom stereocenters. The van der Waals surface area contributed by atoms with E-state index in [9.17, 15) is 5.11 Å². The van der Waals surface area contributed by atoms with Crippen molar-refractivity contribution in [1.29, 1.82) is 5.26 Å². The topological polar surface area (TPSA) is 56.0 Å². The number of benzene rings is 1. The third kappa shape index (κ3) is 3.85. The van der Waals surface area contributed by atoms with Gasteiger partial charge in [0.1, 0.15) is 0 Å². The number of rotatable bonds is 6. The highest BCUT2D eigenvalue weighted by atomic mass is 16.3. The zero-order valence-electron chi connectivity index (χ0n) is 9.19. The number of nitrogens with zero attached hydrogens (tertiary/aromatic N) is 1. The van der Waals surface area contributed by atoms with Crippen LogP contribution in [0.5, 0.6) is 0 Å². The van der Waals surface area contributed by atoms with E-state index in [1.165, 1.54) is 0 Å². The molecular weight excluding hydrogens is 200 g/mol. The zero-order valence-corrected chi connectivity index (χ0v) is 9.19. The molecule has 0 amide bonds. The van der Waals surface area contributed by atoms with Gasteiger partial charge in [0.05, 0.1) is 17.7 Å². The SMILES string of the molecule is C=CCCNCC(O)c1ccc(C#N)cc1. The highest BCUT2D eigenvalue weighted by Gasteiger charge is 2.05. The smallest absolute Gasteiger partial charge is 0.0991 e. The summed E-state index contributed by atoms with van der Waals surface area (Å²) in [6, 6.07) is 9.02. The number of aliphatic hydroxyl groups is 1. The van der Waals surface area contributed by atoms with Gasteiger partial charge in [-0.1, -0.05) is 18.2 Å². The molecule has 0 spiro atoms. The number of nitrogens with one attached hydrogen (secondary N) is 1. The Kier molecular flexibility index (Phi) is 5.27. The molecule has 1 aromatic carbocycles. The first-order valence-corrected chi connectivity index (χ1v) is 5.27. The van der Waals surface area contributed by atoms with Gasteiger partial charge in [0.25, 0.3) is 0 Å². The normalized spacial score (nSPS) is 11.8. The minimum absolute atomic E-state index is 0.514. The molecule has 0 heterocycles. The third-order valence-corrected chi connectivity index (χ3v) is 2.29. The van der Waals surface area contributed by atoms with Gasteiger partial charge in [0.2, 0.25) is 0 Å². The monoisotopic (exact) mass is 216 g/mol. The Morgan fingerprint density at radius 1 is 1.44 bits per heavy atom. The van der Waals surface area contributed by atoms with Crippen molar-refractivity contribution in [3.8, 4) is 6.07 Å². The molecule has 0 bridgehead atoms. The highest BCUT2D eigenvalue weighted by Crippen LogP contribution is 2.12. The average molecular weight is 216 g/mol. The van der Waals surface area contributed by atoms with Gasteiger partial charge in [-0.2, -0.15) is 5.26 Å². The molecule has 0 aliphatic rings. The molecule has 0 saturated carbocycles. The largest absolute Gasteiger partial charge is 0.387 e. The van der Waals surface area contributed by atoms with Crippen LogP contribution in [-0.4, -0.2) is 18.2 Å². The maximum Gasteiger partial charge on any atom is 0.0991 e. The first kappa shape index (κ1) is 12.4. The lowest BCUT2D eigenvalue weighted by Crippen LogP contribution is -2.22. The van der Waals surface area contributed by atoms with Crippen molar-refractivity contribution in [3.05, 3.63) is 48.0 Å². The summed E-state index contributed by atoms with van der Waals surface area (Å²) >= 11 is 0. The van der Waals surface area contributed by atoms with Gasteiger partial charge in [-0.15, -0.1) is 6.58 Å². The Morgan fingerprint density at radius 3 is 2.69 bits per heavy atom. The predicted molar refractivity (Wildman–Crippen MR) is 63.8 cm³/mol. The van der Waals surface area contributed by atoms with Crippen molar-refractivity contribution < 1.29 is 5.11 Å². The van der Waals surface area contributed by atoms with E-state index in [0.29, 0.717) is 12.1 Å². The standard InChI is InChI=1S/C13H16N2O/c1-2-3-8-15-10-13(16)12-6-4-11(9-14)5-7-12/h2,4-7,13,15-16H,1,3,8,10H2. The van der Waals surface area contributed by atoms with Crippen LogP contribution in [0.3, 0.4) is 0 Å². The summed E-state index contributed by atoms with van der Waals surface area (Å²) in [4.78, 5) is 0. The highest BCUT2D eigenvalue weighted by molar-refractivity contribution is 5.32. The molecule has 2 N–H and O–H groups in total. The number of aliphatic hydroxyl groups excluding tert-OH is 1. The minimum atomic E-state index is -0.530. The van der Waals surface area contributed by atoms with Crippen LogP contribution in [-0.2, 0) is 0 Å². The minimum Gasteiger partial charge on any atom is -0.387 e. The lowest BCUT2D eigenvalue weighted by molar-refractivity contribution is 0.175. The van der Waals surface area contributed by atoms with Crippen molar-refractivity contribution in [1.82, 2.24) is 5.32 Å². The van der Waals surface area contributed by atoms with Crippen molar-refractivity contribution >= 4 is 0 Å². The molecule has 0 fully saturated rings. The number of hydrogen-bond acceptors (Lipinski definition) is 3. The Morgan fingerprint density at radius 2 is 2.12 bits per heavy atom. The lowest BCUT2D eigenvalue weighted by atomic mass is 10.1. The molecule has 0 saturated heterocycles. The summed E-state index contributed by atoms with van der Waals surface area (Å²) in [7, 11) is 0. The van der Waals surface area contributed by atoms with E-state index in [1.54, 1.807) is 24.3 Å². The van der Waals surface area contributed by atoms with Crippen LogP contribution in [0.1, 0.15) is 23.7 Å². The van der Waals surface area contributed by atoms with Gasteiger partial charge >= 0.3 is 0 Å². The van der Waals surface area contributed by atoms with Gasteiger partial charge in [-0.05, 0) is 30.7 Å². The van der Waals surface area contributed by atoms with Crippen molar-refractivity contribution in [2.24, 2.45) is 0 Å². The van der Waals surface area contributed by atoms with Crippen LogP contribution in [0.2, 0.25) is 0 Å². The van der Waals surface area contributed by atoms with Crippen molar-refractivity contribution in [2.45, 2.75) is 12.5 Å². The van der Waals surface area contributed by atoms with E-state index in [4.69, 9.17) is 5.26 Å².